The molecule has 0 aromatic rings. The molecule has 0 spiro atoms. The summed E-state index contributed by atoms with van der Waals surface area (Å²) in [5.74, 6) is 0. The molecule has 0 saturated heterocycles. The molecule has 1 saturated carbocycles. The molecule has 3 unspecified atom stereocenters. The quantitative estimate of drug-likeness (QED) is 0.576. The second-order valence-corrected chi connectivity index (χ2v) is 4.93. The number of hydrogen-bond acceptors (Lipinski definition) is 4. The van der Waals surface area contributed by atoms with Crippen LogP contribution in [0.25, 0.3) is 0 Å². The highest BCUT2D eigenvalue weighted by Crippen LogP contribution is 2.27. The van der Waals surface area contributed by atoms with Crippen LogP contribution in [-0.4, -0.2) is 52.2 Å². The van der Waals surface area contributed by atoms with Crippen molar-refractivity contribution in [3.05, 3.63) is 0 Å². The van der Waals surface area contributed by atoms with Gasteiger partial charge in [-0.25, -0.2) is 0 Å². The number of unbranched alkanes of at least 4 members (excludes halogenated alkanes) is 3. The van der Waals surface area contributed by atoms with Crippen molar-refractivity contribution >= 4 is 0 Å². The third-order valence-corrected chi connectivity index (χ3v) is 3.55. The Hall–Kier alpha value is -0.160. The Labute approximate surface area is 111 Å². The van der Waals surface area contributed by atoms with E-state index in [4.69, 9.17) is 14.2 Å². The lowest BCUT2D eigenvalue weighted by atomic mass is 9.85. The van der Waals surface area contributed by atoms with E-state index in [9.17, 15) is 0 Å². The summed E-state index contributed by atoms with van der Waals surface area (Å²) in [4.78, 5) is 0. The molecule has 1 aliphatic rings. The lowest BCUT2D eigenvalue weighted by Gasteiger charge is -2.43. The minimum absolute atomic E-state index is 0.191. The zero-order chi connectivity index (χ0) is 13.2. The number of likely N-dealkylation sites (N-methyl/N-ethyl adjacent to an activating group) is 1. The van der Waals surface area contributed by atoms with E-state index < -0.39 is 0 Å². The Morgan fingerprint density at radius 1 is 1.06 bits per heavy atom. The third-order valence-electron chi connectivity index (χ3n) is 3.55. The number of rotatable bonds is 11. The number of ether oxygens (including phenoxy) is 3. The van der Waals surface area contributed by atoms with Crippen molar-refractivity contribution in [2.24, 2.45) is 0 Å². The predicted molar refractivity (Wildman–Crippen MR) is 73.0 cm³/mol. The van der Waals surface area contributed by atoms with E-state index >= 15 is 0 Å². The molecule has 0 aliphatic heterocycles. The molecule has 0 heterocycles. The van der Waals surface area contributed by atoms with Crippen LogP contribution in [0, 0.1) is 0 Å². The first-order valence-corrected chi connectivity index (χ1v) is 7.22. The van der Waals surface area contributed by atoms with Crippen LogP contribution in [0.2, 0.25) is 0 Å². The Balaban J connectivity index is 2.11. The van der Waals surface area contributed by atoms with Crippen molar-refractivity contribution in [1.82, 2.24) is 5.32 Å². The summed E-state index contributed by atoms with van der Waals surface area (Å²) < 4.78 is 16.7. The molecule has 1 N–H and O–H groups in total. The van der Waals surface area contributed by atoms with E-state index in [1.54, 1.807) is 7.11 Å². The second-order valence-electron chi connectivity index (χ2n) is 4.93. The normalized spacial score (nSPS) is 27.2. The van der Waals surface area contributed by atoms with E-state index in [1.807, 2.05) is 7.05 Å². The fourth-order valence-electron chi connectivity index (χ4n) is 2.28. The standard InChI is InChI=1S/C14H29NO3/c1-4-5-6-7-8-17-13-11-12(15-2)14(13)18-10-9-16-3/h12-15H,4-11H2,1-3H3. The Kier molecular flexibility index (Phi) is 8.59. The highest BCUT2D eigenvalue weighted by molar-refractivity contribution is 4.96. The van der Waals surface area contributed by atoms with Crippen LogP contribution in [0.1, 0.15) is 39.0 Å². The van der Waals surface area contributed by atoms with Crippen LogP contribution in [0.15, 0.2) is 0 Å². The van der Waals surface area contributed by atoms with E-state index in [0.717, 1.165) is 13.0 Å². The van der Waals surface area contributed by atoms with Gasteiger partial charge in [-0.05, 0) is 19.9 Å². The van der Waals surface area contributed by atoms with Crippen molar-refractivity contribution in [3.8, 4) is 0 Å². The van der Waals surface area contributed by atoms with Crippen LogP contribution in [0.5, 0.6) is 0 Å². The molecule has 3 atom stereocenters. The highest BCUT2D eigenvalue weighted by atomic mass is 16.6. The van der Waals surface area contributed by atoms with Gasteiger partial charge in [0.25, 0.3) is 0 Å². The molecule has 108 valence electrons. The molecule has 1 aliphatic carbocycles. The van der Waals surface area contributed by atoms with Gasteiger partial charge in [-0.3, -0.25) is 0 Å². The molecule has 0 radical (unpaired) electrons. The lowest BCUT2D eigenvalue weighted by Crippen LogP contribution is -2.59. The maximum atomic E-state index is 5.89. The van der Waals surface area contributed by atoms with E-state index in [-0.39, 0.29) is 12.2 Å². The fraction of sp³-hybridized carbons (Fsp3) is 1.00. The Morgan fingerprint density at radius 3 is 2.56 bits per heavy atom. The van der Waals surface area contributed by atoms with Gasteiger partial charge in [0.15, 0.2) is 0 Å². The molecule has 0 aromatic carbocycles. The van der Waals surface area contributed by atoms with Gasteiger partial charge in [-0.2, -0.15) is 0 Å². The van der Waals surface area contributed by atoms with Gasteiger partial charge < -0.3 is 19.5 Å². The molecule has 0 bridgehead atoms. The molecule has 0 amide bonds. The molecule has 0 aromatic heterocycles. The first kappa shape index (κ1) is 15.9. The topological polar surface area (TPSA) is 39.7 Å². The van der Waals surface area contributed by atoms with Crippen LogP contribution >= 0.6 is 0 Å². The van der Waals surface area contributed by atoms with Gasteiger partial charge in [-0.15, -0.1) is 0 Å². The van der Waals surface area contributed by atoms with Crippen molar-refractivity contribution in [3.63, 3.8) is 0 Å². The predicted octanol–water partition coefficient (Wildman–Crippen LogP) is 1.98. The van der Waals surface area contributed by atoms with Crippen molar-refractivity contribution < 1.29 is 14.2 Å². The lowest BCUT2D eigenvalue weighted by molar-refractivity contribution is -0.151. The number of nitrogens with one attached hydrogen (secondary N) is 1. The van der Waals surface area contributed by atoms with E-state index in [2.05, 4.69) is 12.2 Å². The summed E-state index contributed by atoms with van der Waals surface area (Å²) >= 11 is 0. The first-order valence-electron chi connectivity index (χ1n) is 7.22. The minimum atomic E-state index is 0.191. The average molecular weight is 259 g/mol. The summed E-state index contributed by atoms with van der Waals surface area (Å²) in [6.45, 7) is 4.39. The summed E-state index contributed by atoms with van der Waals surface area (Å²) in [5, 5.41) is 3.27. The number of hydrogen-bond donors (Lipinski definition) is 1. The fourth-order valence-corrected chi connectivity index (χ4v) is 2.28. The van der Waals surface area contributed by atoms with E-state index in [1.165, 1.54) is 25.7 Å². The SMILES string of the molecule is CCCCCCOC1CC(NC)C1OCCOC. The zero-order valence-corrected chi connectivity index (χ0v) is 12.1. The molecule has 4 nitrogen and oxygen atoms in total. The smallest absolute Gasteiger partial charge is 0.0991 e. The van der Waals surface area contributed by atoms with Gasteiger partial charge in [0.2, 0.25) is 0 Å². The third kappa shape index (κ3) is 5.22. The van der Waals surface area contributed by atoms with Crippen molar-refractivity contribution in [1.29, 1.82) is 0 Å². The molecule has 1 fully saturated rings. The summed E-state index contributed by atoms with van der Waals surface area (Å²) in [6, 6.07) is 0.433. The maximum Gasteiger partial charge on any atom is 0.0991 e. The Morgan fingerprint density at radius 2 is 1.89 bits per heavy atom. The van der Waals surface area contributed by atoms with Gasteiger partial charge >= 0.3 is 0 Å². The molecule has 4 heteroatoms. The minimum Gasteiger partial charge on any atom is -0.382 e. The molecule has 1 rings (SSSR count). The second kappa shape index (κ2) is 9.73. The maximum absolute atomic E-state index is 5.89. The van der Waals surface area contributed by atoms with Gasteiger partial charge in [0.1, 0.15) is 0 Å². The summed E-state index contributed by atoms with van der Waals surface area (Å²) in [5.41, 5.74) is 0. The highest BCUT2D eigenvalue weighted by Gasteiger charge is 2.41. The molecular formula is C14H29NO3. The van der Waals surface area contributed by atoms with Gasteiger partial charge in [-0.1, -0.05) is 26.2 Å². The zero-order valence-electron chi connectivity index (χ0n) is 12.1. The average Bonchev–Trinajstić information content (AvgIpc) is 2.37. The van der Waals surface area contributed by atoms with Crippen molar-refractivity contribution in [2.75, 3.05) is 34.0 Å². The number of methoxy groups -OCH3 is 1. The largest absolute Gasteiger partial charge is 0.382 e. The van der Waals surface area contributed by atoms with Crippen LogP contribution < -0.4 is 5.32 Å². The van der Waals surface area contributed by atoms with Crippen molar-refractivity contribution in [2.45, 2.75) is 57.3 Å². The summed E-state index contributed by atoms with van der Waals surface area (Å²) in [7, 11) is 3.68. The molecular weight excluding hydrogens is 230 g/mol. The van der Waals surface area contributed by atoms with Gasteiger partial charge in [0.05, 0.1) is 25.4 Å². The van der Waals surface area contributed by atoms with Crippen LogP contribution in [0.3, 0.4) is 0 Å². The first-order chi connectivity index (χ1) is 8.83. The monoisotopic (exact) mass is 259 g/mol. The van der Waals surface area contributed by atoms with Crippen LogP contribution in [-0.2, 0) is 14.2 Å². The van der Waals surface area contributed by atoms with Crippen LogP contribution in [0.4, 0.5) is 0 Å². The summed E-state index contributed by atoms with van der Waals surface area (Å²) in [6.07, 6.45) is 6.53. The Bertz CT molecular complexity index is 201. The van der Waals surface area contributed by atoms with E-state index in [0.29, 0.717) is 19.3 Å². The molecule has 18 heavy (non-hydrogen) atoms. The van der Waals surface area contributed by atoms with Gasteiger partial charge in [0, 0.05) is 19.8 Å².